The molecule has 1 amide bonds. The molecule has 0 aliphatic heterocycles. The number of hydrogen-bond donors (Lipinski definition) is 2. The van der Waals surface area contributed by atoms with Gasteiger partial charge in [-0.25, -0.2) is 9.97 Å². The number of carbonyl (C=O) groups excluding carboxylic acids is 1. The van der Waals surface area contributed by atoms with Crippen molar-refractivity contribution >= 4 is 23.4 Å². The third-order valence-corrected chi connectivity index (χ3v) is 4.19. The van der Waals surface area contributed by atoms with E-state index in [1.54, 1.807) is 19.1 Å². The van der Waals surface area contributed by atoms with Crippen LogP contribution in [0.2, 0.25) is 0 Å². The lowest BCUT2D eigenvalue weighted by Gasteiger charge is -2.15. The third-order valence-electron chi connectivity index (χ3n) is 4.19. The molecule has 0 spiro atoms. The smallest absolute Gasteiger partial charge is 0.275 e. The van der Waals surface area contributed by atoms with Crippen molar-refractivity contribution in [1.82, 2.24) is 15.1 Å². The summed E-state index contributed by atoms with van der Waals surface area (Å²) < 4.78 is 4.97. The van der Waals surface area contributed by atoms with Gasteiger partial charge in [0.15, 0.2) is 5.82 Å². The first-order valence-corrected chi connectivity index (χ1v) is 8.98. The van der Waals surface area contributed by atoms with Crippen LogP contribution in [0.4, 0.5) is 17.5 Å². The van der Waals surface area contributed by atoms with Gasteiger partial charge in [0.25, 0.3) is 5.91 Å². The second-order valence-corrected chi connectivity index (χ2v) is 6.28. The summed E-state index contributed by atoms with van der Waals surface area (Å²) in [7, 11) is 0. The average Bonchev–Trinajstić information content (AvgIpc) is 3.06. The summed E-state index contributed by atoms with van der Waals surface area (Å²) in [4.78, 5) is 21.3. The minimum atomic E-state index is -0.364. The summed E-state index contributed by atoms with van der Waals surface area (Å²) in [5.41, 5.74) is 4.33. The van der Waals surface area contributed by atoms with Crippen LogP contribution in [0.25, 0.3) is 0 Å². The summed E-state index contributed by atoms with van der Waals surface area (Å²) in [5.74, 6) is 1.01. The maximum Gasteiger partial charge on any atom is 0.275 e. The van der Waals surface area contributed by atoms with Gasteiger partial charge in [0.1, 0.15) is 11.5 Å². The van der Waals surface area contributed by atoms with Gasteiger partial charge in [0.2, 0.25) is 5.95 Å². The predicted molar refractivity (Wildman–Crippen MR) is 104 cm³/mol. The number of aryl methyl sites for hydroxylation is 4. The van der Waals surface area contributed by atoms with Gasteiger partial charge in [-0.3, -0.25) is 4.79 Å². The minimum absolute atomic E-state index is 0.262. The Morgan fingerprint density at radius 2 is 1.78 bits per heavy atom. The van der Waals surface area contributed by atoms with Crippen LogP contribution >= 0.6 is 0 Å². The summed E-state index contributed by atoms with van der Waals surface area (Å²) in [6.07, 6.45) is 1.78. The Kier molecular flexibility index (Phi) is 5.49. The first kappa shape index (κ1) is 18.6. The van der Waals surface area contributed by atoms with Gasteiger partial charge in [0.05, 0.1) is 0 Å². The van der Waals surface area contributed by atoms with E-state index in [-0.39, 0.29) is 11.6 Å². The first-order valence-electron chi connectivity index (χ1n) is 8.98. The van der Waals surface area contributed by atoms with Crippen molar-refractivity contribution < 1.29 is 9.32 Å². The van der Waals surface area contributed by atoms with Gasteiger partial charge in [-0.15, -0.1) is 0 Å². The molecule has 0 aliphatic carbocycles. The number of benzene rings is 1. The molecule has 3 rings (SSSR count). The molecular weight excluding hydrogens is 342 g/mol. The number of carbonyl (C=O) groups is 1. The number of para-hydroxylation sites is 1. The molecule has 3 aromatic rings. The fourth-order valence-corrected chi connectivity index (χ4v) is 2.86. The average molecular weight is 365 g/mol. The molecule has 2 N–H and O–H groups in total. The number of nitrogens with one attached hydrogen (secondary N) is 2. The second kappa shape index (κ2) is 7.99. The van der Waals surface area contributed by atoms with Gasteiger partial charge in [-0.1, -0.05) is 37.2 Å². The van der Waals surface area contributed by atoms with Gasteiger partial charge in [-0.2, -0.15) is 0 Å². The monoisotopic (exact) mass is 365 g/mol. The Bertz CT molecular complexity index is 943. The Hall–Kier alpha value is -3.22. The molecule has 0 atom stereocenters. The topological polar surface area (TPSA) is 92.9 Å². The highest BCUT2D eigenvalue weighted by Crippen LogP contribution is 2.25. The maximum atomic E-state index is 12.5. The fourth-order valence-electron chi connectivity index (χ4n) is 2.86. The summed E-state index contributed by atoms with van der Waals surface area (Å²) in [5, 5.41) is 9.76. The van der Waals surface area contributed by atoms with Crippen molar-refractivity contribution in [2.45, 2.75) is 40.5 Å². The van der Waals surface area contributed by atoms with E-state index in [9.17, 15) is 4.79 Å². The molecule has 0 unspecified atom stereocenters. The molecule has 0 saturated carbocycles. The molecule has 0 aliphatic rings. The van der Waals surface area contributed by atoms with Crippen LogP contribution < -0.4 is 10.6 Å². The molecule has 0 radical (unpaired) electrons. The van der Waals surface area contributed by atoms with E-state index in [0.29, 0.717) is 23.2 Å². The Morgan fingerprint density at radius 1 is 1.07 bits per heavy atom. The first-order chi connectivity index (χ1) is 13.0. The van der Waals surface area contributed by atoms with Crippen LogP contribution in [0.15, 0.2) is 34.9 Å². The Morgan fingerprint density at radius 3 is 2.37 bits per heavy atom. The van der Waals surface area contributed by atoms with Crippen molar-refractivity contribution in [2.24, 2.45) is 0 Å². The van der Waals surface area contributed by atoms with Crippen LogP contribution in [0.1, 0.15) is 46.9 Å². The van der Waals surface area contributed by atoms with Gasteiger partial charge in [-0.05, 0) is 43.9 Å². The number of nitrogens with zero attached hydrogens (tertiary/aromatic N) is 3. The lowest BCUT2D eigenvalue weighted by molar-refractivity contribution is 0.102. The summed E-state index contributed by atoms with van der Waals surface area (Å²) >= 11 is 0. The largest absolute Gasteiger partial charge is 0.360 e. The molecule has 0 fully saturated rings. The zero-order valence-electron chi connectivity index (χ0n) is 16.0. The normalized spacial score (nSPS) is 10.7. The fraction of sp³-hybridized carbons (Fsp3) is 0.300. The molecule has 27 heavy (non-hydrogen) atoms. The molecule has 2 aromatic heterocycles. The molecule has 140 valence electrons. The van der Waals surface area contributed by atoms with Crippen molar-refractivity contribution in [3.63, 3.8) is 0 Å². The highest BCUT2D eigenvalue weighted by atomic mass is 16.5. The molecule has 0 bridgehead atoms. The Labute approximate surface area is 158 Å². The van der Waals surface area contributed by atoms with Crippen molar-refractivity contribution in [2.75, 3.05) is 10.6 Å². The minimum Gasteiger partial charge on any atom is -0.360 e. The van der Waals surface area contributed by atoms with E-state index in [4.69, 9.17) is 4.52 Å². The third kappa shape index (κ3) is 4.31. The number of amides is 1. The molecule has 0 saturated heterocycles. The van der Waals surface area contributed by atoms with Crippen molar-refractivity contribution in [3.05, 3.63) is 58.6 Å². The van der Waals surface area contributed by atoms with E-state index >= 15 is 0 Å². The molecule has 2 heterocycles. The Balaban J connectivity index is 1.89. The number of anilines is 3. The number of hydrogen-bond acceptors (Lipinski definition) is 6. The molecular formula is C20H23N5O2. The van der Waals surface area contributed by atoms with E-state index in [1.165, 1.54) is 11.1 Å². The zero-order valence-corrected chi connectivity index (χ0v) is 16.0. The summed E-state index contributed by atoms with van der Waals surface area (Å²) in [6, 6.07) is 9.50. The van der Waals surface area contributed by atoms with E-state index in [1.807, 2.05) is 6.92 Å². The van der Waals surface area contributed by atoms with E-state index in [2.05, 4.69) is 57.8 Å². The van der Waals surface area contributed by atoms with Crippen LogP contribution in [0.5, 0.6) is 0 Å². The van der Waals surface area contributed by atoms with Crippen LogP contribution in [0, 0.1) is 13.8 Å². The van der Waals surface area contributed by atoms with Gasteiger partial charge < -0.3 is 15.2 Å². The zero-order chi connectivity index (χ0) is 19.4. The highest BCUT2D eigenvalue weighted by Gasteiger charge is 2.14. The van der Waals surface area contributed by atoms with Crippen LogP contribution in [0.3, 0.4) is 0 Å². The molecule has 7 nitrogen and oxygen atoms in total. The van der Waals surface area contributed by atoms with Gasteiger partial charge >= 0.3 is 0 Å². The predicted octanol–water partition coefficient (Wildman–Crippen LogP) is 4.20. The quantitative estimate of drug-likeness (QED) is 0.680. The van der Waals surface area contributed by atoms with Crippen LogP contribution in [-0.4, -0.2) is 21.0 Å². The molecule has 1 aromatic carbocycles. The van der Waals surface area contributed by atoms with E-state index < -0.39 is 0 Å². The van der Waals surface area contributed by atoms with Crippen molar-refractivity contribution in [3.8, 4) is 0 Å². The standard InChI is InChI=1S/C20H23N5O2/c1-5-14-8-7-9-15(6-2)18(14)24-20-21-12(3)10-16(22-20)19(26)23-17-11-13(4)27-25-17/h7-11H,5-6H2,1-4H3,(H,21,22,24)(H,23,25,26). The second-order valence-electron chi connectivity index (χ2n) is 6.28. The van der Waals surface area contributed by atoms with E-state index in [0.717, 1.165) is 18.5 Å². The number of aromatic nitrogens is 3. The lowest BCUT2D eigenvalue weighted by atomic mass is 10.0. The summed E-state index contributed by atoms with van der Waals surface area (Å²) in [6.45, 7) is 7.80. The highest BCUT2D eigenvalue weighted by molar-refractivity contribution is 6.02. The lowest BCUT2D eigenvalue weighted by Crippen LogP contribution is -2.16. The van der Waals surface area contributed by atoms with Crippen molar-refractivity contribution in [1.29, 1.82) is 0 Å². The molecule has 7 heteroatoms. The van der Waals surface area contributed by atoms with Crippen LogP contribution in [-0.2, 0) is 12.8 Å². The van der Waals surface area contributed by atoms with Gasteiger partial charge in [0, 0.05) is 17.4 Å². The number of rotatable bonds is 6. The SMILES string of the molecule is CCc1cccc(CC)c1Nc1nc(C)cc(C(=O)Nc2cc(C)on2)n1. The maximum absolute atomic E-state index is 12.5.